The highest BCUT2D eigenvalue weighted by Crippen LogP contribution is 2.20. The Hall–Kier alpha value is -2.14. The Morgan fingerprint density at radius 2 is 2.06 bits per heavy atom. The van der Waals surface area contributed by atoms with Gasteiger partial charge in [0.1, 0.15) is 5.15 Å². The summed E-state index contributed by atoms with van der Waals surface area (Å²) in [5.74, 6) is -1.01. The fraction of sp³-hybridized carbons (Fsp3) is 0.0833. The second kappa shape index (κ2) is 5.01. The predicted molar refractivity (Wildman–Crippen MR) is 68.3 cm³/mol. The minimum atomic E-state index is -0.604. The molecule has 18 heavy (non-hydrogen) atoms. The molecule has 0 saturated heterocycles. The van der Waals surface area contributed by atoms with Gasteiger partial charge in [0, 0.05) is 5.39 Å². The third-order valence-corrected chi connectivity index (χ3v) is 2.55. The Labute approximate surface area is 108 Å². The van der Waals surface area contributed by atoms with E-state index in [-0.39, 0.29) is 11.7 Å². The zero-order valence-corrected chi connectivity index (χ0v) is 10.1. The summed E-state index contributed by atoms with van der Waals surface area (Å²) in [5.41, 5.74) is 5.96. The molecule has 5 nitrogen and oxygen atoms in total. The van der Waals surface area contributed by atoms with Gasteiger partial charge in [-0.25, -0.2) is 4.98 Å². The van der Waals surface area contributed by atoms with Crippen molar-refractivity contribution in [3.8, 4) is 0 Å². The van der Waals surface area contributed by atoms with Gasteiger partial charge in [-0.3, -0.25) is 9.59 Å². The largest absolute Gasteiger partial charge is 0.368 e. The van der Waals surface area contributed by atoms with E-state index in [4.69, 9.17) is 17.3 Å². The van der Waals surface area contributed by atoms with Crippen molar-refractivity contribution in [1.29, 1.82) is 0 Å². The van der Waals surface area contributed by atoms with Gasteiger partial charge in [-0.15, -0.1) is 0 Å². The summed E-state index contributed by atoms with van der Waals surface area (Å²) >= 11 is 5.85. The lowest BCUT2D eigenvalue weighted by Crippen LogP contribution is -2.33. The Morgan fingerprint density at radius 3 is 2.78 bits per heavy atom. The van der Waals surface area contributed by atoms with Gasteiger partial charge < -0.3 is 11.1 Å². The molecule has 1 heterocycles. The van der Waals surface area contributed by atoms with E-state index in [9.17, 15) is 9.59 Å². The lowest BCUT2D eigenvalue weighted by molar-refractivity contribution is -0.117. The maximum atomic E-state index is 11.9. The van der Waals surface area contributed by atoms with Gasteiger partial charge in [0.15, 0.2) is 0 Å². The summed E-state index contributed by atoms with van der Waals surface area (Å²) in [5, 5.41) is 3.31. The van der Waals surface area contributed by atoms with E-state index in [2.05, 4.69) is 10.3 Å². The van der Waals surface area contributed by atoms with Crippen molar-refractivity contribution >= 4 is 34.3 Å². The van der Waals surface area contributed by atoms with Crippen LogP contribution in [0.3, 0.4) is 0 Å². The Morgan fingerprint density at radius 1 is 1.33 bits per heavy atom. The van der Waals surface area contributed by atoms with E-state index in [1.54, 1.807) is 24.3 Å². The molecular weight excluding hydrogens is 254 g/mol. The first-order chi connectivity index (χ1) is 8.58. The van der Waals surface area contributed by atoms with Crippen LogP contribution in [-0.2, 0) is 4.79 Å². The molecule has 0 bridgehead atoms. The Bertz CT molecular complexity index is 628. The van der Waals surface area contributed by atoms with E-state index in [0.717, 1.165) is 0 Å². The van der Waals surface area contributed by atoms with Gasteiger partial charge in [0.2, 0.25) is 5.91 Å². The maximum absolute atomic E-state index is 11.9. The van der Waals surface area contributed by atoms with Crippen LogP contribution in [0.2, 0.25) is 5.15 Å². The minimum absolute atomic E-state index is 0.215. The Balaban J connectivity index is 2.43. The van der Waals surface area contributed by atoms with Crippen LogP contribution in [0.5, 0.6) is 0 Å². The van der Waals surface area contributed by atoms with Crippen LogP contribution in [0.1, 0.15) is 10.4 Å². The topological polar surface area (TPSA) is 85.1 Å². The van der Waals surface area contributed by atoms with Crippen molar-refractivity contribution in [2.45, 2.75) is 0 Å². The smallest absolute Gasteiger partial charge is 0.252 e. The molecule has 6 heteroatoms. The number of pyridine rings is 1. The summed E-state index contributed by atoms with van der Waals surface area (Å²) in [7, 11) is 0. The number of amides is 2. The summed E-state index contributed by atoms with van der Waals surface area (Å²) in [6.45, 7) is -0.215. The van der Waals surface area contributed by atoms with Gasteiger partial charge in [-0.05, 0) is 12.1 Å². The van der Waals surface area contributed by atoms with Crippen LogP contribution in [0.4, 0.5) is 0 Å². The molecular formula is C12H10ClN3O2. The zero-order chi connectivity index (χ0) is 13.1. The molecule has 0 fully saturated rings. The van der Waals surface area contributed by atoms with Crippen molar-refractivity contribution in [2.75, 3.05) is 6.54 Å². The average Bonchev–Trinajstić information content (AvgIpc) is 2.34. The highest BCUT2D eigenvalue weighted by atomic mass is 35.5. The third-order valence-electron chi connectivity index (χ3n) is 2.35. The Kier molecular flexibility index (Phi) is 3.43. The van der Waals surface area contributed by atoms with Crippen molar-refractivity contribution < 1.29 is 9.59 Å². The number of aromatic nitrogens is 1. The number of hydrogen-bond donors (Lipinski definition) is 2. The second-order valence-corrected chi connectivity index (χ2v) is 4.05. The molecule has 0 unspecified atom stereocenters. The fourth-order valence-corrected chi connectivity index (χ4v) is 1.79. The number of nitrogens with one attached hydrogen (secondary N) is 1. The quantitative estimate of drug-likeness (QED) is 0.814. The van der Waals surface area contributed by atoms with Crippen LogP contribution < -0.4 is 11.1 Å². The average molecular weight is 264 g/mol. The number of fused-ring (bicyclic) bond motifs is 1. The van der Waals surface area contributed by atoms with Crippen LogP contribution in [0, 0.1) is 0 Å². The molecule has 2 rings (SSSR count). The molecule has 0 aliphatic heterocycles. The molecule has 0 atom stereocenters. The molecule has 1 aromatic heterocycles. The zero-order valence-electron chi connectivity index (χ0n) is 9.31. The summed E-state index contributed by atoms with van der Waals surface area (Å²) in [6.07, 6.45) is 0. The lowest BCUT2D eigenvalue weighted by Gasteiger charge is -2.07. The number of carbonyl (C=O) groups excluding carboxylic acids is 2. The van der Waals surface area contributed by atoms with Crippen molar-refractivity contribution in [3.05, 3.63) is 41.0 Å². The number of hydrogen-bond acceptors (Lipinski definition) is 3. The number of halogens is 1. The minimum Gasteiger partial charge on any atom is -0.368 e. The third kappa shape index (κ3) is 2.57. The number of nitrogens with zero attached hydrogens (tertiary/aromatic N) is 1. The van der Waals surface area contributed by atoms with Gasteiger partial charge in [-0.1, -0.05) is 29.8 Å². The van der Waals surface area contributed by atoms with E-state index >= 15 is 0 Å². The number of para-hydroxylation sites is 1. The summed E-state index contributed by atoms with van der Waals surface area (Å²) in [4.78, 5) is 26.7. The molecule has 2 aromatic rings. The first-order valence-corrected chi connectivity index (χ1v) is 5.57. The summed E-state index contributed by atoms with van der Waals surface area (Å²) < 4.78 is 0. The van der Waals surface area contributed by atoms with Crippen LogP contribution in [-0.4, -0.2) is 23.3 Å². The number of rotatable bonds is 3. The van der Waals surface area contributed by atoms with Gasteiger partial charge in [0.25, 0.3) is 5.91 Å². The van der Waals surface area contributed by atoms with Gasteiger partial charge in [-0.2, -0.15) is 0 Å². The van der Waals surface area contributed by atoms with Crippen molar-refractivity contribution in [1.82, 2.24) is 10.3 Å². The number of benzene rings is 1. The molecule has 0 aliphatic carbocycles. The van der Waals surface area contributed by atoms with Crippen molar-refractivity contribution in [3.63, 3.8) is 0 Å². The first-order valence-electron chi connectivity index (χ1n) is 5.19. The molecule has 92 valence electrons. The molecule has 0 spiro atoms. The maximum Gasteiger partial charge on any atom is 0.252 e. The molecule has 0 radical (unpaired) electrons. The van der Waals surface area contributed by atoms with Gasteiger partial charge in [0.05, 0.1) is 17.6 Å². The van der Waals surface area contributed by atoms with E-state index in [0.29, 0.717) is 16.5 Å². The second-order valence-electron chi connectivity index (χ2n) is 3.66. The van der Waals surface area contributed by atoms with E-state index in [1.807, 2.05) is 0 Å². The predicted octanol–water partition coefficient (Wildman–Crippen LogP) is 1.10. The standard InChI is InChI=1S/C12H10ClN3O2/c13-10-5-8(12(18)15-6-11(14)17)7-3-1-2-4-9(7)16-10/h1-5H,6H2,(H2,14,17)(H,15,18). The fourth-order valence-electron chi connectivity index (χ4n) is 1.59. The number of nitrogens with two attached hydrogens (primary N) is 1. The number of primary amides is 1. The first kappa shape index (κ1) is 12.3. The highest BCUT2D eigenvalue weighted by Gasteiger charge is 2.12. The summed E-state index contributed by atoms with van der Waals surface area (Å²) in [6, 6.07) is 8.57. The highest BCUT2D eigenvalue weighted by molar-refractivity contribution is 6.30. The SMILES string of the molecule is NC(=O)CNC(=O)c1cc(Cl)nc2ccccc12. The van der Waals surface area contributed by atoms with Crippen molar-refractivity contribution in [2.24, 2.45) is 5.73 Å². The molecule has 0 saturated carbocycles. The van der Waals surface area contributed by atoms with Gasteiger partial charge >= 0.3 is 0 Å². The van der Waals surface area contributed by atoms with Crippen LogP contribution in [0.15, 0.2) is 30.3 Å². The molecule has 1 aromatic carbocycles. The van der Waals surface area contributed by atoms with Crippen LogP contribution >= 0.6 is 11.6 Å². The molecule has 2 amide bonds. The number of carbonyl (C=O) groups is 2. The molecule has 3 N–H and O–H groups in total. The van der Waals surface area contributed by atoms with E-state index in [1.165, 1.54) is 6.07 Å². The lowest BCUT2D eigenvalue weighted by atomic mass is 10.1. The normalized spacial score (nSPS) is 10.3. The van der Waals surface area contributed by atoms with Crippen LogP contribution in [0.25, 0.3) is 10.9 Å². The van der Waals surface area contributed by atoms with E-state index < -0.39 is 11.8 Å². The monoisotopic (exact) mass is 263 g/mol. The molecule has 0 aliphatic rings.